The lowest BCUT2D eigenvalue weighted by atomic mass is 10.1. The SMILES string of the molecule is CCOC(=O)CCC(=O)N1CCN(C(=O)c2ccc(Cl)cc2)CC1. The van der Waals surface area contributed by atoms with Gasteiger partial charge in [-0.15, -0.1) is 0 Å². The van der Waals surface area contributed by atoms with Crippen LogP contribution in [0, 0.1) is 0 Å². The normalized spacial score (nSPS) is 14.4. The maximum absolute atomic E-state index is 12.4. The summed E-state index contributed by atoms with van der Waals surface area (Å²) in [5.74, 6) is -0.505. The van der Waals surface area contributed by atoms with Crippen LogP contribution in [0.5, 0.6) is 0 Å². The number of amides is 2. The largest absolute Gasteiger partial charge is 0.466 e. The second-order valence-electron chi connectivity index (χ2n) is 5.48. The van der Waals surface area contributed by atoms with Crippen LogP contribution in [-0.2, 0) is 14.3 Å². The lowest BCUT2D eigenvalue weighted by molar-refractivity contribution is -0.146. The zero-order valence-electron chi connectivity index (χ0n) is 13.7. The molecule has 2 rings (SSSR count). The van der Waals surface area contributed by atoms with Gasteiger partial charge in [0.2, 0.25) is 5.91 Å². The predicted octanol–water partition coefficient (Wildman–Crippen LogP) is 1.97. The molecule has 130 valence electrons. The molecule has 0 aromatic heterocycles. The van der Waals surface area contributed by atoms with Crippen LogP contribution in [0.2, 0.25) is 5.02 Å². The number of ether oxygens (including phenoxy) is 1. The molecule has 0 bridgehead atoms. The van der Waals surface area contributed by atoms with E-state index in [1.54, 1.807) is 41.0 Å². The van der Waals surface area contributed by atoms with E-state index in [1.165, 1.54) is 0 Å². The Bertz CT molecular complexity index is 595. The Labute approximate surface area is 146 Å². The summed E-state index contributed by atoms with van der Waals surface area (Å²) in [4.78, 5) is 39.2. The van der Waals surface area contributed by atoms with Gasteiger partial charge < -0.3 is 14.5 Å². The smallest absolute Gasteiger partial charge is 0.306 e. The summed E-state index contributed by atoms with van der Waals surface area (Å²) >= 11 is 5.83. The standard InChI is InChI=1S/C17H21ClN2O4/c1-2-24-16(22)8-7-15(21)19-9-11-20(12-10-19)17(23)13-3-5-14(18)6-4-13/h3-6H,2,7-12H2,1H3. The Balaban J connectivity index is 1.80. The van der Waals surface area contributed by atoms with Crippen LogP contribution in [0.3, 0.4) is 0 Å². The van der Waals surface area contributed by atoms with E-state index in [4.69, 9.17) is 16.3 Å². The van der Waals surface area contributed by atoms with Crippen LogP contribution in [0.4, 0.5) is 0 Å². The number of hydrogen-bond donors (Lipinski definition) is 0. The van der Waals surface area contributed by atoms with E-state index in [0.717, 1.165) is 0 Å². The van der Waals surface area contributed by atoms with Gasteiger partial charge in [-0.3, -0.25) is 14.4 Å². The fourth-order valence-electron chi connectivity index (χ4n) is 2.53. The molecule has 1 aromatic rings. The number of carbonyl (C=O) groups excluding carboxylic acids is 3. The van der Waals surface area contributed by atoms with E-state index < -0.39 is 0 Å². The summed E-state index contributed by atoms with van der Waals surface area (Å²) in [6.45, 7) is 3.95. The molecule has 1 heterocycles. The molecule has 0 aliphatic carbocycles. The highest BCUT2D eigenvalue weighted by Gasteiger charge is 2.25. The topological polar surface area (TPSA) is 66.9 Å². The molecule has 0 N–H and O–H groups in total. The minimum absolute atomic E-state index is 0.0645. The Morgan fingerprint density at radius 1 is 1.00 bits per heavy atom. The highest BCUT2D eigenvalue weighted by atomic mass is 35.5. The number of piperazine rings is 1. The van der Waals surface area contributed by atoms with Crippen LogP contribution < -0.4 is 0 Å². The van der Waals surface area contributed by atoms with Gasteiger partial charge in [0.15, 0.2) is 0 Å². The monoisotopic (exact) mass is 352 g/mol. The fourth-order valence-corrected chi connectivity index (χ4v) is 2.66. The first kappa shape index (κ1) is 18.3. The van der Waals surface area contributed by atoms with Crippen LogP contribution in [0.25, 0.3) is 0 Å². The van der Waals surface area contributed by atoms with Gasteiger partial charge in [0.25, 0.3) is 5.91 Å². The van der Waals surface area contributed by atoms with E-state index in [0.29, 0.717) is 43.4 Å². The van der Waals surface area contributed by atoms with Crippen molar-refractivity contribution >= 4 is 29.4 Å². The first-order valence-electron chi connectivity index (χ1n) is 7.99. The zero-order chi connectivity index (χ0) is 17.5. The number of carbonyl (C=O) groups is 3. The third kappa shape index (κ3) is 4.96. The van der Waals surface area contributed by atoms with E-state index in [1.807, 2.05) is 0 Å². The molecule has 0 unspecified atom stereocenters. The number of hydrogen-bond acceptors (Lipinski definition) is 4. The van der Waals surface area contributed by atoms with Crippen LogP contribution in [0.1, 0.15) is 30.1 Å². The number of nitrogens with zero attached hydrogens (tertiary/aromatic N) is 2. The minimum atomic E-state index is -0.359. The summed E-state index contributed by atoms with van der Waals surface area (Å²) < 4.78 is 4.81. The van der Waals surface area contributed by atoms with E-state index >= 15 is 0 Å². The molecular weight excluding hydrogens is 332 g/mol. The molecule has 0 atom stereocenters. The molecule has 2 amide bonds. The molecule has 0 saturated carbocycles. The van der Waals surface area contributed by atoms with Crippen molar-refractivity contribution < 1.29 is 19.1 Å². The Morgan fingerprint density at radius 3 is 2.17 bits per heavy atom. The average molecular weight is 353 g/mol. The van der Waals surface area contributed by atoms with Crippen LogP contribution in [-0.4, -0.2) is 60.4 Å². The lowest BCUT2D eigenvalue weighted by Gasteiger charge is -2.34. The Kier molecular flexibility index (Phi) is 6.61. The average Bonchev–Trinajstić information content (AvgIpc) is 2.60. The van der Waals surface area contributed by atoms with E-state index in [2.05, 4.69) is 0 Å². The molecular formula is C17H21ClN2O4. The van der Waals surface area contributed by atoms with Gasteiger partial charge in [0.05, 0.1) is 13.0 Å². The van der Waals surface area contributed by atoms with Crippen LogP contribution in [0.15, 0.2) is 24.3 Å². The number of benzene rings is 1. The summed E-state index contributed by atoms with van der Waals surface area (Å²) in [5.41, 5.74) is 0.585. The number of halogens is 1. The molecule has 1 saturated heterocycles. The van der Waals surface area contributed by atoms with Crippen molar-refractivity contribution in [3.63, 3.8) is 0 Å². The van der Waals surface area contributed by atoms with Crippen molar-refractivity contribution in [1.82, 2.24) is 9.80 Å². The van der Waals surface area contributed by atoms with Gasteiger partial charge in [0, 0.05) is 43.2 Å². The summed E-state index contributed by atoms with van der Waals surface area (Å²) in [6, 6.07) is 6.76. The van der Waals surface area contributed by atoms with Crippen molar-refractivity contribution in [3.8, 4) is 0 Å². The third-order valence-electron chi connectivity index (χ3n) is 3.86. The van der Waals surface area contributed by atoms with Gasteiger partial charge >= 0.3 is 5.97 Å². The van der Waals surface area contributed by atoms with Gasteiger partial charge in [-0.1, -0.05) is 11.6 Å². The second-order valence-corrected chi connectivity index (χ2v) is 5.92. The van der Waals surface area contributed by atoms with E-state index in [-0.39, 0.29) is 30.6 Å². The molecule has 0 radical (unpaired) electrons. The first-order valence-corrected chi connectivity index (χ1v) is 8.37. The lowest BCUT2D eigenvalue weighted by Crippen LogP contribution is -2.50. The molecule has 6 nitrogen and oxygen atoms in total. The first-order chi connectivity index (χ1) is 11.5. The minimum Gasteiger partial charge on any atom is -0.466 e. The van der Waals surface area contributed by atoms with Crippen molar-refractivity contribution in [1.29, 1.82) is 0 Å². The third-order valence-corrected chi connectivity index (χ3v) is 4.11. The van der Waals surface area contributed by atoms with Crippen molar-refractivity contribution in [2.24, 2.45) is 0 Å². The molecule has 1 fully saturated rings. The molecule has 1 aliphatic heterocycles. The highest BCUT2D eigenvalue weighted by molar-refractivity contribution is 6.30. The van der Waals surface area contributed by atoms with Gasteiger partial charge in [-0.2, -0.15) is 0 Å². The summed E-state index contributed by atoms with van der Waals surface area (Å²) in [5, 5.41) is 0.587. The summed E-state index contributed by atoms with van der Waals surface area (Å²) in [7, 11) is 0. The Hall–Kier alpha value is -2.08. The van der Waals surface area contributed by atoms with Crippen molar-refractivity contribution in [3.05, 3.63) is 34.9 Å². The molecule has 1 aromatic carbocycles. The quantitative estimate of drug-likeness (QED) is 0.760. The maximum Gasteiger partial charge on any atom is 0.306 e. The molecule has 24 heavy (non-hydrogen) atoms. The Morgan fingerprint density at radius 2 is 1.58 bits per heavy atom. The molecule has 7 heteroatoms. The zero-order valence-corrected chi connectivity index (χ0v) is 14.4. The highest BCUT2D eigenvalue weighted by Crippen LogP contribution is 2.13. The van der Waals surface area contributed by atoms with Crippen LogP contribution >= 0.6 is 11.6 Å². The fraction of sp³-hybridized carbons (Fsp3) is 0.471. The van der Waals surface area contributed by atoms with Gasteiger partial charge in [-0.25, -0.2) is 0 Å². The summed E-state index contributed by atoms with van der Waals surface area (Å²) in [6.07, 6.45) is 0.237. The number of rotatable bonds is 5. The van der Waals surface area contributed by atoms with Crippen molar-refractivity contribution in [2.75, 3.05) is 32.8 Å². The molecule has 1 aliphatic rings. The maximum atomic E-state index is 12.4. The predicted molar refractivity (Wildman–Crippen MR) is 89.8 cm³/mol. The van der Waals surface area contributed by atoms with Crippen molar-refractivity contribution in [2.45, 2.75) is 19.8 Å². The van der Waals surface area contributed by atoms with Gasteiger partial charge in [0.1, 0.15) is 0 Å². The molecule has 0 spiro atoms. The van der Waals surface area contributed by atoms with E-state index in [9.17, 15) is 14.4 Å². The van der Waals surface area contributed by atoms with Gasteiger partial charge in [-0.05, 0) is 31.2 Å². The second kappa shape index (κ2) is 8.68. The number of esters is 1.